The Morgan fingerprint density at radius 1 is 0.500 bits per heavy atom. The number of carbonyl (C=O) groups is 9. The number of aliphatic hydroxyl groups is 2. The minimum atomic E-state index is -1.65. The van der Waals surface area contributed by atoms with Crippen molar-refractivity contribution < 1.29 is 53.4 Å². The Balaban J connectivity index is 1.71. The summed E-state index contributed by atoms with van der Waals surface area (Å²) in [6.07, 6.45) is -0.999. The molecule has 2 aliphatic rings. The zero-order valence-corrected chi connectivity index (χ0v) is 54.4. The van der Waals surface area contributed by atoms with E-state index in [4.69, 9.17) is 0 Å². The summed E-state index contributed by atoms with van der Waals surface area (Å²) < 4.78 is 0. The van der Waals surface area contributed by atoms with Gasteiger partial charge in [-0.25, -0.2) is 0 Å². The topological polar surface area (TPSA) is 253 Å². The van der Waals surface area contributed by atoms with Crippen molar-refractivity contribution in [1.82, 2.24) is 50.2 Å². The van der Waals surface area contributed by atoms with Gasteiger partial charge >= 0.3 is 0 Å². The summed E-state index contributed by atoms with van der Waals surface area (Å²) in [7, 11) is 8.77. The fourth-order valence-electron chi connectivity index (χ4n) is 11.7. The predicted octanol–water partition coefficient (Wildman–Crippen LogP) is 3.88. The number of nitrogens with zero attached hydrogens (tertiary/aromatic N) is 7. The van der Waals surface area contributed by atoms with Crippen LogP contribution in [-0.4, -0.2) is 220 Å². The molecule has 0 bridgehead atoms. The number of carbonyl (C=O) groups excluding carboxylic acids is 9. The Kier molecular flexibility index (Phi) is 27.1. The summed E-state index contributed by atoms with van der Waals surface area (Å²) in [5, 5.41) is 32.9. The quantitative estimate of drug-likeness (QED) is 0.154. The third-order valence-corrected chi connectivity index (χ3v) is 17.3. The molecule has 5 rings (SSSR count). The molecule has 9 amide bonds. The molecule has 3 aromatic carbocycles. The molecule has 5 N–H and O–H groups in total. The first-order chi connectivity index (χ1) is 41.5. The number of aliphatic hydroxyl groups excluding tert-OH is 2. The summed E-state index contributed by atoms with van der Waals surface area (Å²) in [5.41, 5.74) is 2.05. The number of amides is 9. The number of hydrogen-bond acceptors (Lipinski definition) is 12. The molecule has 2 fully saturated rings. The molecule has 21 heteroatoms. The molecule has 2 aliphatic heterocycles. The third-order valence-electron chi connectivity index (χ3n) is 17.3. The fraction of sp³-hybridized carbons (Fsp3) is 0.597. The lowest BCUT2D eigenvalue weighted by molar-refractivity contribution is -0.153. The van der Waals surface area contributed by atoms with Gasteiger partial charge in [-0.2, -0.15) is 0 Å². The van der Waals surface area contributed by atoms with Crippen LogP contribution in [0.25, 0.3) is 0 Å². The highest BCUT2D eigenvalue weighted by Crippen LogP contribution is 2.25. The Bertz CT molecular complexity index is 2800. The number of likely N-dealkylation sites (tertiary alicyclic amines) is 1. The smallest absolute Gasteiger partial charge is 0.247 e. The number of likely N-dealkylation sites (N-methyl/N-ethyl adjacent to an activating group) is 6. The van der Waals surface area contributed by atoms with E-state index >= 15 is 28.8 Å². The van der Waals surface area contributed by atoms with E-state index in [2.05, 4.69) is 16.0 Å². The molecule has 1 unspecified atom stereocenters. The van der Waals surface area contributed by atoms with Gasteiger partial charge in [0, 0.05) is 61.2 Å². The number of rotatable bonds is 14. The highest BCUT2D eigenvalue weighted by molar-refractivity contribution is 5.98. The van der Waals surface area contributed by atoms with E-state index in [0.29, 0.717) is 42.6 Å². The van der Waals surface area contributed by atoms with Crippen molar-refractivity contribution in [2.45, 2.75) is 186 Å². The summed E-state index contributed by atoms with van der Waals surface area (Å²) in [6.45, 7) is 15.0. The second-order valence-electron chi connectivity index (χ2n) is 25.6. The van der Waals surface area contributed by atoms with Gasteiger partial charge in [0.05, 0.1) is 24.6 Å². The van der Waals surface area contributed by atoms with Crippen LogP contribution in [0.5, 0.6) is 0 Å². The number of hydrogen-bond donors (Lipinski definition) is 5. The summed E-state index contributed by atoms with van der Waals surface area (Å²) in [5.74, 6) is -6.47. The van der Waals surface area contributed by atoms with Gasteiger partial charge in [0.25, 0.3) is 0 Å². The van der Waals surface area contributed by atoms with E-state index < -0.39 is 126 Å². The van der Waals surface area contributed by atoms with Crippen LogP contribution in [0.15, 0.2) is 91.0 Å². The van der Waals surface area contributed by atoms with Gasteiger partial charge < -0.3 is 55.6 Å². The standard InChI is InChI=1S/C67H100N10O11/c1-42(2)35-50-63(84)72(10)54(39-48-29-21-16-22-30-48)61(82)70-58(46(8)78)67(88)76(14)56(40-49-31-23-17-24-32-49)66(87)73(11)52(36-43(3)4)59(80)69-51(64(85)77-33-25-18-26-34-77)41-57(79)71(9)45(7)62(83)75(13)55(37-44(5)6)65(86)74(12)53(60(81)68-50)38-47-27-19-15-20-28-47/h15-17,19-24,27-32,42-46,50-56,58,66,78,87H,18,25-26,33-41H2,1-14H3,(H,68,81)(H,69,80)(H,70,82)/t45-,46-,50+,51+,52+,53+,54+,55+,56+,58+,66?/m1/s1. The molecule has 21 nitrogen and oxygen atoms in total. The Hall–Kier alpha value is -7.23. The van der Waals surface area contributed by atoms with Crippen LogP contribution in [-0.2, 0) is 62.4 Å². The molecule has 11 atom stereocenters. The van der Waals surface area contributed by atoms with E-state index in [9.17, 15) is 24.6 Å². The number of benzene rings is 3. The molecule has 0 aromatic heterocycles. The summed E-state index contributed by atoms with van der Waals surface area (Å²) in [6, 6.07) is 15.4. The predicted molar refractivity (Wildman–Crippen MR) is 337 cm³/mol. The Morgan fingerprint density at radius 3 is 1.41 bits per heavy atom. The van der Waals surface area contributed by atoms with E-state index in [-0.39, 0.29) is 56.3 Å². The second-order valence-corrected chi connectivity index (χ2v) is 25.6. The zero-order chi connectivity index (χ0) is 65.3. The average molecular weight is 1220 g/mol. The van der Waals surface area contributed by atoms with E-state index in [1.807, 2.05) is 77.9 Å². The molecule has 0 radical (unpaired) electrons. The van der Waals surface area contributed by atoms with Gasteiger partial charge in [-0.1, -0.05) is 133 Å². The van der Waals surface area contributed by atoms with E-state index in [0.717, 1.165) is 6.42 Å². The first-order valence-electron chi connectivity index (χ1n) is 31.3. The third kappa shape index (κ3) is 19.4. The van der Waals surface area contributed by atoms with Crippen molar-refractivity contribution in [2.75, 3.05) is 55.4 Å². The monoisotopic (exact) mass is 1220 g/mol. The largest absolute Gasteiger partial charge is 0.391 e. The van der Waals surface area contributed by atoms with Crippen LogP contribution in [0.3, 0.4) is 0 Å². The highest BCUT2D eigenvalue weighted by atomic mass is 16.3. The summed E-state index contributed by atoms with van der Waals surface area (Å²) >= 11 is 0. The Labute approximate surface area is 521 Å². The molecule has 0 spiro atoms. The lowest BCUT2D eigenvalue weighted by atomic mass is 9.96. The normalized spacial score (nSPS) is 26.1. The van der Waals surface area contributed by atoms with Crippen molar-refractivity contribution in [3.05, 3.63) is 108 Å². The molecule has 0 aliphatic carbocycles. The lowest BCUT2D eigenvalue weighted by Gasteiger charge is -2.41. The fourth-order valence-corrected chi connectivity index (χ4v) is 11.7. The van der Waals surface area contributed by atoms with Crippen molar-refractivity contribution in [3.63, 3.8) is 0 Å². The van der Waals surface area contributed by atoms with E-state index in [1.165, 1.54) is 85.5 Å². The summed E-state index contributed by atoms with van der Waals surface area (Å²) in [4.78, 5) is 144. The minimum absolute atomic E-state index is 0.000874. The van der Waals surface area contributed by atoms with Crippen LogP contribution < -0.4 is 16.0 Å². The second kappa shape index (κ2) is 33.4. The maximum absolute atomic E-state index is 15.3. The molecule has 0 saturated carbocycles. The van der Waals surface area contributed by atoms with E-state index in [1.54, 1.807) is 59.5 Å². The van der Waals surface area contributed by atoms with Gasteiger partial charge in [-0.3, -0.25) is 48.1 Å². The molecule has 484 valence electrons. The van der Waals surface area contributed by atoms with Gasteiger partial charge in [0.15, 0.2) is 0 Å². The van der Waals surface area contributed by atoms with Crippen LogP contribution >= 0.6 is 0 Å². The minimum Gasteiger partial charge on any atom is -0.391 e. The van der Waals surface area contributed by atoms with Gasteiger partial charge in [-0.05, 0) is 100 Å². The first-order valence-corrected chi connectivity index (χ1v) is 31.3. The molecule has 88 heavy (non-hydrogen) atoms. The highest BCUT2D eigenvalue weighted by Gasteiger charge is 2.44. The average Bonchev–Trinajstić information content (AvgIpc) is 1.22. The lowest BCUT2D eigenvalue weighted by Crippen LogP contribution is -2.64. The SMILES string of the molecule is CC(C)C[C@@H]1NC(=O)[C@H](Cc2ccccc2)N(C)C(=O)[C@H](CC(C)C)N(C)C(=O)[C@@H](C)N(C)C(=O)C[C@@H](C(=O)N2CCCCC2)NC(=O)[C@H](CC(C)C)N(C)C(O)[C@H](Cc2ccccc2)N(C)C(=O)[C@H]([C@@H](C)O)NC(=O)[C@H](Cc2ccccc2)N(C)C1=O. The number of nitrogens with one attached hydrogen (secondary N) is 3. The number of piperidine rings is 1. The molecular weight excluding hydrogens is 1120 g/mol. The van der Waals surface area contributed by atoms with Crippen molar-refractivity contribution in [1.29, 1.82) is 0 Å². The van der Waals surface area contributed by atoms with Crippen molar-refractivity contribution in [2.24, 2.45) is 17.8 Å². The van der Waals surface area contributed by atoms with Gasteiger partial charge in [-0.15, -0.1) is 0 Å². The van der Waals surface area contributed by atoms with Crippen LogP contribution in [0.1, 0.15) is 117 Å². The van der Waals surface area contributed by atoms with Crippen molar-refractivity contribution in [3.8, 4) is 0 Å². The van der Waals surface area contributed by atoms with Crippen LogP contribution in [0.2, 0.25) is 0 Å². The first kappa shape index (κ1) is 71.5. The molecular formula is C67H100N10O11. The molecule has 3 aromatic rings. The van der Waals surface area contributed by atoms with Gasteiger partial charge in [0.2, 0.25) is 53.2 Å². The maximum atomic E-state index is 15.3. The van der Waals surface area contributed by atoms with Crippen LogP contribution in [0.4, 0.5) is 0 Å². The molecule has 2 heterocycles. The Morgan fingerprint density at radius 2 is 0.932 bits per heavy atom. The zero-order valence-electron chi connectivity index (χ0n) is 54.4. The maximum Gasteiger partial charge on any atom is 0.247 e. The van der Waals surface area contributed by atoms with Crippen molar-refractivity contribution >= 4 is 53.2 Å². The van der Waals surface area contributed by atoms with Gasteiger partial charge in [0.1, 0.15) is 48.5 Å². The van der Waals surface area contributed by atoms with Crippen LogP contribution in [0, 0.1) is 17.8 Å². The molecule has 2 saturated heterocycles.